The molecule has 18 fully saturated rings. The average Bonchev–Trinajstić information content (AvgIpc) is 0.605. The van der Waals surface area contributed by atoms with Crippen LogP contribution in [0.4, 0.5) is 26.3 Å². The summed E-state index contributed by atoms with van der Waals surface area (Å²) in [7, 11) is 6.70. The molecule has 0 radical (unpaired) electrons. The molecular formula is C77H64Cl3F6N9O12S3. The lowest BCUT2D eigenvalue weighted by Crippen LogP contribution is -3.11. The van der Waals surface area contributed by atoms with Crippen molar-refractivity contribution in [3.05, 3.63) is 187 Å². The number of thiazole rings is 3. The van der Waals surface area contributed by atoms with E-state index in [1.54, 1.807) is 24.0 Å². The summed E-state index contributed by atoms with van der Waals surface area (Å²) in [6, 6.07) is 3.92. The van der Waals surface area contributed by atoms with Gasteiger partial charge in [-0.05, 0) is 125 Å². The Balaban J connectivity index is 0.000000110. The van der Waals surface area contributed by atoms with E-state index in [4.69, 9.17) is 73.5 Å². The SMILES string of the molecule is C.C.C.COC(=O)C1=C(C23C4C5C2C2C3C4C52C(=O)O)NC(c2nccs2)=N[C@@H]1c1ccc(F)c(F)c1Cl.COC(=O)C1=C(C23C4C5C2C2C3C4C52C(=O)OC)NC(c2nccs2)=N[C@@H]1c1ccc(F)c(F)c1Cl.COC(=O)C1=C(C23C4C5C2C2C3C4C52C(=O)OC)NC(c2nccs2)=N[C@@H]1c1ccc(F)c(F)c1Cl. The molecule has 570 valence electrons. The summed E-state index contributed by atoms with van der Waals surface area (Å²) >= 11 is 22.9. The molecule has 0 saturated heterocycles. The number of methoxy groups -OCH3 is 5. The first-order valence-corrected chi connectivity index (χ1v) is 38.4. The van der Waals surface area contributed by atoms with Crippen molar-refractivity contribution in [1.29, 1.82) is 0 Å². The van der Waals surface area contributed by atoms with Crippen molar-refractivity contribution in [2.75, 3.05) is 35.5 Å². The summed E-state index contributed by atoms with van der Waals surface area (Å²) in [5, 5.41) is 25.9. The van der Waals surface area contributed by atoms with E-state index in [0.717, 1.165) is 18.2 Å². The number of hydrogen-bond donors (Lipinski definition) is 4. The third-order valence-electron chi connectivity index (χ3n) is 30.0. The number of carbonyl (C=O) groups is 6. The Kier molecular flexibility index (Phi) is 14.8. The molecule has 21 aliphatic rings. The van der Waals surface area contributed by atoms with Gasteiger partial charge in [-0.2, -0.15) is 0 Å². The maximum atomic E-state index is 14.5. The van der Waals surface area contributed by atoms with Crippen LogP contribution in [0.1, 0.15) is 72.1 Å². The number of nitrogens with zero attached hydrogens (tertiary/aromatic N) is 6. The first kappa shape index (κ1) is 71.7. The van der Waals surface area contributed by atoms with Gasteiger partial charge in [-0.1, -0.05) is 75.3 Å². The summed E-state index contributed by atoms with van der Waals surface area (Å²) in [5.74, 6) is -4.36. The maximum absolute atomic E-state index is 14.5. The summed E-state index contributed by atoms with van der Waals surface area (Å²) in [6.45, 7) is 0. The minimum absolute atomic E-state index is 0. The molecule has 0 unspecified atom stereocenters. The van der Waals surface area contributed by atoms with Gasteiger partial charge in [0.15, 0.2) is 67.4 Å². The summed E-state index contributed by atoms with van der Waals surface area (Å²) in [4.78, 5) is 104. The summed E-state index contributed by atoms with van der Waals surface area (Å²) < 4.78 is 111. The fraction of sp³-hybridized carbons (Fsp3) is 0.455. The van der Waals surface area contributed by atoms with E-state index < -0.39 is 97.4 Å². The van der Waals surface area contributed by atoms with Crippen molar-refractivity contribution in [3.63, 3.8) is 0 Å². The van der Waals surface area contributed by atoms with E-state index in [1.165, 1.54) is 87.8 Å². The number of hydrogen-bond acceptors (Lipinski definition) is 23. The first-order valence-electron chi connectivity index (χ1n) is 34.6. The van der Waals surface area contributed by atoms with Crippen molar-refractivity contribution in [2.24, 2.45) is 154 Å². The zero-order chi connectivity index (χ0) is 74.0. The lowest BCUT2D eigenvalue weighted by atomic mass is 8.92. The van der Waals surface area contributed by atoms with E-state index in [2.05, 4.69) is 30.9 Å². The fourth-order valence-electron chi connectivity index (χ4n) is 27.6. The Bertz CT molecular complexity index is 5120. The molecule has 3 aromatic heterocycles. The van der Waals surface area contributed by atoms with E-state index in [-0.39, 0.29) is 201 Å². The van der Waals surface area contributed by atoms with Crippen LogP contribution in [0.15, 0.2) is 120 Å². The number of nitrogens with one attached hydrogen (secondary N) is 3. The van der Waals surface area contributed by atoms with Crippen LogP contribution in [0.25, 0.3) is 0 Å². The zero-order valence-corrected chi connectivity index (χ0v) is 60.5. The molecule has 0 amide bonds. The molecule has 18 saturated carbocycles. The average molecular weight is 1620 g/mol. The monoisotopic (exact) mass is 1620 g/mol. The number of aliphatic imine (C=N–C) groups is 3. The van der Waals surface area contributed by atoms with Gasteiger partial charge >= 0.3 is 35.8 Å². The Morgan fingerprint density at radius 2 is 0.636 bits per heavy atom. The van der Waals surface area contributed by atoms with E-state index in [9.17, 15) is 60.2 Å². The maximum Gasteiger partial charge on any atom is 0.338 e. The molecule has 27 rings (SSSR count). The van der Waals surface area contributed by atoms with Crippen molar-refractivity contribution in [3.8, 4) is 0 Å². The summed E-state index contributed by atoms with van der Waals surface area (Å²) in [5.41, 5.74) is 1.06. The number of ether oxygens (including phenoxy) is 5. The van der Waals surface area contributed by atoms with Crippen LogP contribution in [-0.2, 0) is 52.5 Å². The molecule has 21 nitrogen and oxygen atoms in total. The highest BCUT2D eigenvalue weighted by Crippen LogP contribution is 3.13. The van der Waals surface area contributed by atoms with Crippen LogP contribution in [-0.4, -0.2) is 109 Å². The van der Waals surface area contributed by atoms with Crippen molar-refractivity contribution < 1.29 is 83.9 Å². The number of allylic oxidation sites excluding steroid dienone is 3. The number of rotatable bonds is 15. The lowest BCUT2D eigenvalue weighted by Gasteiger charge is -3.10. The van der Waals surface area contributed by atoms with Gasteiger partial charge in [0.1, 0.15) is 18.1 Å². The number of benzene rings is 3. The second-order valence-electron chi connectivity index (χ2n) is 31.0. The standard InChI is InChI=1S/2C25H18ClF2N3O4S.C24H16ClF2N3O4S.3CH4/c2*1-34-22(32)9-18(7-3-4-8(27)17(28)16(7)26)30-20(21-29-5-6-36-21)31-19(9)24-10-13-11(24)15-12(24)14(10)25(13,15)23(33)35-2;1-34-21(31)8-17(6-2-3-7(26)16(27)15(6)25)29-19(20-28-4-5-35-20)30-18(8)23-9-12-10(23)14-11(23)13(9)24(12,14)22(32)33;;;/h2*3-6,10-15,18H,1-2H3,(H,30,31);2-5,9-14,17H,1H3,(H,29,30)(H,32,33);3*1H4/t2*10?,11?,12?,13?,14?,15?,18-,24?,25?;9?,10?,11?,12?,13?,14?,17-,23?,24?;;;/m111.../s1. The number of carboxylic acids is 1. The Labute approximate surface area is 649 Å². The van der Waals surface area contributed by atoms with Crippen LogP contribution >= 0.6 is 68.8 Å². The van der Waals surface area contributed by atoms with E-state index in [1.807, 2.05) is 10.8 Å². The number of carboxylic acid groups (broad SMARTS) is 1. The fourth-order valence-corrected chi connectivity index (χ4v) is 30.1. The van der Waals surface area contributed by atoms with Gasteiger partial charge in [-0.15, -0.1) is 34.0 Å². The summed E-state index contributed by atoms with van der Waals surface area (Å²) in [6.07, 6.45) is 4.92. The molecule has 0 bridgehead atoms. The largest absolute Gasteiger partial charge is 0.481 e. The molecule has 6 heterocycles. The third kappa shape index (κ3) is 6.91. The normalized spacial score (nSPS) is 40.5. The van der Waals surface area contributed by atoms with Gasteiger partial charge in [-0.3, -0.25) is 29.4 Å². The van der Waals surface area contributed by atoms with E-state index in [0.29, 0.717) is 49.6 Å². The molecule has 33 heteroatoms. The molecule has 3 atom stereocenters. The predicted octanol–water partition coefficient (Wildman–Crippen LogP) is 12.3. The minimum atomic E-state index is -1.21. The highest BCUT2D eigenvalue weighted by molar-refractivity contribution is 7.12. The second-order valence-corrected chi connectivity index (χ2v) is 34.8. The third-order valence-corrected chi connectivity index (χ3v) is 33.5. The smallest absolute Gasteiger partial charge is 0.338 e. The number of halogens is 9. The molecule has 110 heavy (non-hydrogen) atoms. The van der Waals surface area contributed by atoms with Crippen molar-refractivity contribution in [1.82, 2.24) is 30.9 Å². The Morgan fingerprint density at radius 3 is 0.845 bits per heavy atom. The lowest BCUT2D eigenvalue weighted by molar-refractivity contribution is -0.633. The van der Waals surface area contributed by atoms with Gasteiger partial charge in [0.2, 0.25) is 0 Å². The molecule has 3 aliphatic heterocycles. The highest BCUT2D eigenvalue weighted by atomic mass is 35.5. The molecule has 6 aromatic rings. The van der Waals surface area contributed by atoms with Crippen LogP contribution < -0.4 is 16.0 Å². The van der Waals surface area contributed by atoms with Crippen LogP contribution in [0.5, 0.6) is 0 Å². The Morgan fingerprint density at radius 1 is 0.391 bits per heavy atom. The number of aromatic nitrogens is 3. The van der Waals surface area contributed by atoms with Crippen molar-refractivity contribution >= 4 is 122 Å². The molecule has 0 spiro atoms. The van der Waals surface area contributed by atoms with E-state index >= 15 is 0 Å². The van der Waals surface area contributed by atoms with Crippen LogP contribution in [0.2, 0.25) is 15.1 Å². The topological polar surface area (TPSA) is 281 Å². The van der Waals surface area contributed by atoms with Gasteiger partial charge in [0, 0.05) is 84.8 Å². The van der Waals surface area contributed by atoms with Crippen LogP contribution in [0.3, 0.4) is 0 Å². The minimum Gasteiger partial charge on any atom is -0.481 e. The number of carbonyl (C=O) groups excluding carboxylic acids is 5. The molecule has 18 aliphatic carbocycles. The van der Waals surface area contributed by atoms with Gasteiger partial charge < -0.3 is 44.7 Å². The van der Waals surface area contributed by atoms with Crippen LogP contribution in [0, 0.1) is 174 Å². The highest BCUT2D eigenvalue weighted by Gasteiger charge is 3.15. The number of amidine groups is 3. The molecular weight excluding hydrogens is 1560 g/mol. The number of esters is 5. The molecule has 3 aromatic carbocycles. The van der Waals surface area contributed by atoms with Gasteiger partial charge in [-0.25, -0.2) is 55.7 Å². The van der Waals surface area contributed by atoms with Gasteiger partial charge in [0.25, 0.3) is 0 Å². The molecule has 4 N–H and O–H groups in total. The van der Waals surface area contributed by atoms with Crippen molar-refractivity contribution in [2.45, 2.75) is 40.4 Å². The van der Waals surface area contributed by atoms with Gasteiger partial charge in [0.05, 0.1) is 83.6 Å². The second kappa shape index (κ2) is 22.6. The quantitative estimate of drug-likeness (QED) is 0.0322. The first-order chi connectivity index (χ1) is 51.5. The number of aliphatic carboxylic acids is 1. The predicted molar refractivity (Wildman–Crippen MR) is 384 cm³/mol. The Hall–Kier alpha value is -8.55. The zero-order valence-electron chi connectivity index (χ0n) is 55.8.